The van der Waals surface area contributed by atoms with Crippen molar-refractivity contribution in [2.75, 3.05) is 0 Å². The van der Waals surface area contributed by atoms with Gasteiger partial charge in [-0.3, -0.25) is 0 Å². The number of carbonyl (C=O) groups is 1. The Balaban J connectivity index is 2.31. The first-order valence-electron chi connectivity index (χ1n) is 5.22. The quantitative estimate of drug-likeness (QED) is 0.626. The van der Waals surface area contributed by atoms with Crippen molar-refractivity contribution in [1.29, 1.82) is 0 Å². The zero-order valence-electron chi connectivity index (χ0n) is 9.56. The summed E-state index contributed by atoms with van der Waals surface area (Å²) in [4.78, 5) is 11.2. The van der Waals surface area contributed by atoms with Gasteiger partial charge in [0.25, 0.3) is 0 Å². The first-order valence-corrected chi connectivity index (χ1v) is 5.22. The summed E-state index contributed by atoms with van der Waals surface area (Å²) >= 11 is 0. The molecule has 1 aromatic carbocycles. The van der Waals surface area contributed by atoms with Crippen LogP contribution in [0.1, 0.15) is 25.8 Å². The molecule has 0 aliphatic heterocycles. The van der Waals surface area contributed by atoms with Crippen molar-refractivity contribution in [3.63, 3.8) is 0 Å². The van der Waals surface area contributed by atoms with Crippen molar-refractivity contribution in [2.45, 2.75) is 26.9 Å². The molecule has 0 fully saturated rings. The van der Waals surface area contributed by atoms with Crippen molar-refractivity contribution in [1.82, 2.24) is 5.43 Å². The molecule has 0 unspecified atom stereocenters. The van der Waals surface area contributed by atoms with E-state index in [-0.39, 0.29) is 6.61 Å². The molecule has 4 heteroatoms. The van der Waals surface area contributed by atoms with Crippen LogP contribution in [-0.2, 0) is 11.3 Å². The van der Waals surface area contributed by atoms with E-state index >= 15 is 0 Å². The number of nitrogens with one attached hydrogen (secondary N) is 1. The molecule has 0 saturated carbocycles. The number of benzene rings is 1. The van der Waals surface area contributed by atoms with E-state index in [4.69, 9.17) is 4.74 Å². The molecule has 0 aliphatic carbocycles. The third kappa shape index (κ3) is 4.59. The largest absolute Gasteiger partial charge is 0.443 e. The Labute approximate surface area is 95.3 Å². The van der Waals surface area contributed by atoms with Crippen molar-refractivity contribution in [2.24, 2.45) is 5.10 Å². The molecule has 0 aliphatic rings. The number of hydrogen-bond acceptors (Lipinski definition) is 3. The highest BCUT2D eigenvalue weighted by molar-refractivity contribution is 5.82. The van der Waals surface area contributed by atoms with Gasteiger partial charge in [0.1, 0.15) is 6.61 Å². The number of carbonyl (C=O) groups excluding carboxylic acids is 1. The van der Waals surface area contributed by atoms with Crippen LogP contribution < -0.4 is 5.43 Å². The van der Waals surface area contributed by atoms with E-state index in [0.29, 0.717) is 0 Å². The molecule has 1 aromatic rings. The van der Waals surface area contributed by atoms with Crippen LogP contribution in [-0.4, -0.2) is 11.8 Å². The van der Waals surface area contributed by atoms with Crippen molar-refractivity contribution >= 4 is 11.8 Å². The predicted molar refractivity (Wildman–Crippen MR) is 63.2 cm³/mol. The average molecular weight is 220 g/mol. The molecule has 0 radical (unpaired) electrons. The summed E-state index contributed by atoms with van der Waals surface area (Å²) in [6.07, 6.45) is 0.274. The molecule has 0 heterocycles. The van der Waals surface area contributed by atoms with Crippen LogP contribution in [0.3, 0.4) is 0 Å². The van der Waals surface area contributed by atoms with Gasteiger partial charge in [0.15, 0.2) is 0 Å². The monoisotopic (exact) mass is 220 g/mol. The first kappa shape index (κ1) is 12.2. The molecule has 0 aromatic heterocycles. The summed E-state index contributed by atoms with van der Waals surface area (Å²) in [6, 6.07) is 9.51. The molecule has 1 N–H and O–H groups in total. The highest BCUT2D eigenvalue weighted by atomic mass is 16.5. The van der Waals surface area contributed by atoms with E-state index in [1.807, 2.05) is 44.2 Å². The van der Waals surface area contributed by atoms with Crippen LogP contribution in [0.4, 0.5) is 4.79 Å². The number of nitrogens with zero attached hydrogens (tertiary/aromatic N) is 1. The van der Waals surface area contributed by atoms with E-state index < -0.39 is 6.09 Å². The van der Waals surface area contributed by atoms with E-state index in [1.165, 1.54) is 0 Å². The molecule has 0 atom stereocenters. The average Bonchev–Trinajstić information content (AvgIpc) is 2.34. The molecule has 0 bridgehead atoms. The molecule has 0 spiro atoms. The maximum Gasteiger partial charge on any atom is 0.428 e. The first-order chi connectivity index (χ1) is 7.72. The highest BCUT2D eigenvalue weighted by Gasteiger charge is 2.00. The maximum atomic E-state index is 11.2. The van der Waals surface area contributed by atoms with E-state index in [1.54, 1.807) is 0 Å². The summed E-state index contributed by atoms with van der Waals surface area (Å²) < 4.78 is 4.97. The van der Waals surface area contributed by atoms with Crippen molar-refractivity contribution in [3.05, 3.63) is 35.9 Å². The maximum absolute atomic E-state index is 11.2. The molecular formula is C12H16N2O2. The zero-order valence-corrected chi connectivity index (χ0v) is 9.56. The fourth-order valence-electron chi connectivity index (χ4n) is 0.976. The van der Waals surface area contributed by atoms with Gasteiger partial charge in [0.05, 0.1) is 0 Å². The van der Waals surface area contributed by atoms with Gasteiger partial charge in [0.2, 0.25) is 0 Å². The summed E-state index contributed by atoms with van der Waals surface area (Å²) in [5.74, 6) is 0. The minimum Gasteiger partial charge on any atom is -0.443 e. The van der Waals surface area contributed by atoms with Crippen LogP contribution in [0.5, 0.6) is 0 Å². The Morgan fingerprint density at radius 1 is 1.38 bits per heavy atom. The van der Waals surface area contributed by atoms with Gasteiger partial charge in [0, 0.05) is 5.71 Å². The molecular weight excluding hydrogens is 204 g/mol. The Morgan fingerprint density at radius 2 is 2.06 bits per heavy atom. The van der Waals surface area contributed by atoms with Crippen LogP contribution in [0.25, 0.3) is 0 Å². The Kier molecular flexibility index (Phi) is 5.05. The molecule has 86 valence electrons. The molecule has 16 heavy (non-hydrogen) atoms. The number of hydrogen-bond donors (Lipinski definition) is 1. The second kappa shape index (κ2) is 6.61. The fourth-order valence-corrected chi connectivity index (χ4v) is 0.976. The summed E-state index contributed by atoms with van der Waals surface area (Å²) in [5.41, 5.74) is 4.14. The summed E-state index contributed by atoms with van der Waals surface area (Å²) in [6.45, 7) is 4.07. The van der Waals surface area contributed by atoms with Gasteiger partial charge in [-0.05, 0) is 18.9 Å². The van der Waals surface area contributed by atoms with Gasteiger partial charge in [-0.1, -0.05) is 37.3 Å². The molecule has 0 saturated heterocycles. The molecule has 1 rings (SSSR count). The van der Waals surface area contributed by atoms with Gasteiger partial charge in [-0.2, -0.15) is 5.10 Å². The normalized spacial score (nSPS) is 11.0. The smallest absolute Gasteiger partial charge is 0.428 e. The van der Waals surface area contributed by atoms with Crippen LogP contribution in [0, 0.1) is 0 Å². The van der Waals surface area contributed by atoms with Gasteiger partial charge in [-0.25, -0.2) is 10.2 Å². The second-order valence-corrected chi connectivity index (χ2v) is 3.37. The van der Waals surface area contributed by atoms with Crippen LogP contribution in [0.15, 0.2) is 35.4 Å². The van der Waals surface area contributed by atoms with Crippen LogP contribution in [0.2, 0.25) is 0 Å². The van der Waals surface area contributed by atoms with Crippen LogP contribution >= 0.6 is 0 Å². The molecule has 1 amide bonds. The number of amides is 1. The third-order valence-electron chi connectivity index (χ3n) is 2.06. The minimum atomic E-state index is -0.531. The fraction of sp³-hybridized carbons (Fsp3) is 0.333. The molecule has 4 nitrogen and oxygen atoms in total. The lowest BCUT2D eigenvalue weighted by molar-refractivity contribution is 0.140. The van der Waals surface area contributed by atoms with Crippen molar-refractivity contribution < 1.29 is 9.53 Å². The van der Waals surface area contributed by atoms with Crippen molar-refractivity contribution in [3.8, 4) is 0 Å². The number of hydrazone groups is 1. The third-order valence-corrected chi connectivity index (χ3v) is 2.06. The van der Waals surface area contributed by atoms with E-state index in [0.717, 1.165) is 17.7 Å². The lowest BCUT2D eigenvalue weighted by Gasteiger charge is -2.04. The summed E-state index contributed by atoms with van der Waals surface area (Å²) in [5, 5.41) is 3.85. The Hall–Kier alpha value is -1.84. The highest BCUT2D eigenvalue weighted by Crippen LogP contribution is 2.00. The van der Waals surface area contributed by atoms with E-state index in [2.05, 4.69) is 10.5 Å². The van der Waals surface area contributed by atoms with Gasteiger partial charge < -0.3 is 4.74 Å². The second-order valence-electron chi connectivity index (χ2n) is 3.37. The Bertz CT molecular complexity index is 361. The lowest BCUT2D eigenvalue weighted by atomic mass is 10.2. The Morgan fingerprint density at radius 3 is 2.69 bits per heavy atom. The predicted octanol–water partition coefficient (Wildman–Crippen LogP) is 2.70. The number of ether oxygens (including phenoxy) is 1. The zero-order chi connectivity index (χ0) is 11.8. The summed E-state index contributed by atoms with van der Waals surface area (Å²) in [7, 11) is 0. The SMILES string of the molecule is CC/C(C)=N/NC(=O)OCc1ccccc1. The minimum absolute atomic E-state index is 0.257. The standard InChI is InChI=1S/C12H16N2O2/c1-3-10(2)13-14-12(15)16-9-11-7-5-4-6-8-11/h4-8H,3,9H2,1-2H3,(H,14,15)/b13-10+. The van der Waals surface area contributed by atoms with E-state index in [9.17, 15) is 4.79 Å². The van der Waals surface area contributed by atoms with Gasteiger partial charge >= 0.3 is 6.09 Å². The van der Waals surface area contributed by atoms with Gasteiger partial charge in [-0.15, -0.1) is 0 Å². The topological polar surface area (TPSA) is 50.7 Å². The number of rotatable bonds is 4. The lowest BCUT2D eigenvalue weighted by Crippen LogP contribution is -2.19.